The minimum atomic E-state index is -1.43. The van der Waals surface area contributed by atoms with E-state index in [9.17, 15) is 19.2 Å². The van der Waals surface area contributed by atoms with Crippen LogP contribution in [0.5, 0.6) is 5.75 Å². The first-order valence-corrected chi connectivity index (χ1v) is 35.0. The van der Waals surface area contributed by atoms with E-state index in [4.69, 9.17) is 38.4 Å². The van der Waals surface area contributed by atoms with Crippen molar-refractivity contribution in [2.45, 2.75) is 214 Å². The van der Waals surface area contributed by atoms with Crippen LogP contribution in [0, 0.1) is 0 Å². The highest BCUT2D eigenvalue weighted by Gasteiger charge is 2.53. The number of H-pyrrole nitrogens is 2. The number of aromatic nitrogens is 7. The molecule has 9 heterocycles. The SMILES string of the molecule is CCCCCCCC[n+]1ccc(-c2c3nc(c(-c4cc[n+](CCCCCCCC)cc4)c4ccc([nH]4)c(-c4cc[n+](CCCCCCCC)cc4)c4nc(c(-c5ccc(O[C@@H]6O[C@H](COC(C)=O)[C@@H](OC(C)=O)[C@H](OC(C)=O)[C@H]6OC(C)=O)cc5)c5ccc2[nH]5)C=C4)C=C3)cc1.[I-].[I-].[I-]. The molecule has 20 heteroatoms. The van der Waals surface area contributed by atoms with Gasteiger partial charge < -0.3 is 110 Å². The van der Waals surface area contributed by atoms with E-state index in [1.54, 1.807) is 12.1 Å². The molecule has 10 rings (SSSR count). The molecule has 0 unspecified atom stereocenters. The molecule has 1 fully saturated rings. The Labute approximate surface area is 634 Å². The average Bonchev–Trinajstić information content (AvgIpc) is 1.69. The van der Waals surface area contributed by atoms with Crippen molar-refractivity contribution < 1.29 is 133 Å². The van der Waals surface area contributed by atoms with Gasteiger partial charge in [-0.1, -0.05) is 110 Å². The zero-order valence-electron chi connectivity index (χ0n) is 58.3. The summed E-state index contributed by atoms with van der Waals surface area (Å²) >= 11 is 0. The van der Waals surface area contributed by atoms with Crippen LogP contribution in [0.4, 0.5) is 0 Å². The van der Waals surface area contributed by atoms with E-state index in [-0.39, 0.29) is 71.9 Å². The molecule has 0 saturated carbocycles. The Morgan fingerprint density at radius 3 is 1.04 bits per heavy atom. The second-order valence-corrected chi connectivity index (χ2v) is 25.5. The quantitative estimate of drug-likeness (QED) is 0.0149. The van der Waals surface area contributed by atoms with Gasteiger partial charge in [0.15, 0.2) is 49.4 Å². The van der Waals surface area contributed by atoms with E-state index in [1.807, 2.05) is 12.1 Å². The molecule has 0 aliphatic carbocycles. The van der Waals surface area contributed by atoms with Crippen molar-refractivity contribution in [3.8, 4) is 50.3 Å². The van der Waals surface area contributed by atoms with Gasteiger partial charge in [0.25, 0.3) is 0 Å². The number of hydrogen-bond acceptors (Lipinski definition) is 12. The van der Waals surface area contributed by atoms with Crippen LogP contribution >= 0.6 is 0 Å². The molecule has 5 atom stereocenters. The third-order valence-corrected chi connectivity index (χ3v) is 17.9. The van der Waals surface area contributed by atoms with Crippen LogP contribution in [-0.4, -0.2) is 81.1 Å². The highest BCUT2D eigenvalue weighted by molar-refractivity contribution is 5.99. The maximum Gasteiger partial charge on any atom is 0.303 e. The number of nitrogens with one attached hydrogen (secondary N) is 2. The molecule has 1 aromatic carbocycles. The number of nitrogens with zero attached hydrogens (tertiary/aromatic N) is 5. The Bertz CT molecular complexity index is 3970. The van der Waals surface area contributed by atoms with Gasteiger partial charge in [-0.3, -0.25) is 19.2 Å². The summed E-state index contributed by atoms with van der Waals surface area (Å²) in [5.41, 5.74) is 14.1. The van der Waals surface area contributed by atoms with Gasteiger partial charge in [0.2, 0.25) is 12.4 Å². The number of unbranched alkanes of at least 4 members (excludes halogenated alkanes) is 15. The fourth-order valence-corrected chi connectivity index (χ4v) is 13.1. The molecule has 3 aliphatic rings. The summed E-state index contributed by atoms with van der Waals surface area (Å²) in [5.74, 6) is -2.55. The molecule has 0 spiro atoms. The third-order valence-electron chi connectivity index (χ3n) is 17.9. The number of ether oxygens (including phenoxy) is 6. The van der Waals surface area contributed by atoms with Crippen molar-refractivity contribution in [2.24, 2.45) is 0 Å². The lowest BCUT2D eigenvalue weighted by atomic mass is 9.98. The van der Waals surface area contributed by atoms with Crippen molar-refractivity contribution in [1.29, 1.82) is 0 Å². The molecule has 17 nitrogen and oxygen atoms in total. The van der Waals surface area contributed by atoms with Gasteiger partial charge in [-0.05, 0) is 102 Å². The Morgan fingerprint density at radius 2 is 0.707 bits per heavy atom. The smallest absolute Gasteiger partial charge is 0.303 e. The Kier molecular flexibility index (Phi) is 32.0. The molecule has 2 N–H and O–H groups in total. The van der Waals surface area contributed by atoms with Gasteiger partial charge in [-0.2, -0.15) is 0 Å². The Hall–Kier alpha value is -6.90. The molecular formula is C79H96I3N7O10. The minimum Gasteiger partial charge on any atom is -1.00 e. The van der Waals surface area contributed by atoms with Gasteiger partial charge in [-0.15, -0.1) is 0 Å². The number of rotatable bonds is 32. The highest BCUT2D eigenvalue weighted by Crippen LogP contribution is 2.40. The molecule has 7 aromatic rings. The summed E-state index contributed by atoms with van der Waals surface area (Å²) in [4.78, 5) is 69.1. The van der Waals surface area contributed by atoms with E-state index in [1.165, 1.54) is 124 Å². The van der Waals surface area contributed by atoms with Crippen molar-refractivity contribution in [2.75, 3.05) is 6.61 Å². The topological polar surface area (TPSA) is 193 Å². The van der Waals surface area contributed by atoms with E-state index in [0.717, 1.165) is 123 Å². The molecule has 6 aromatic heterocycles. The normalized spacial score (nSPS) is 16.0. The standard InChI is InChI=1S/C79H95N7O10.3HI/c1-8-11-14-17-20-23-44-84-47-38-59(39-48-84)73-65-32-30-63(80-65)72(58-26-28-62(29-27-58)95-79-78(94-57(7)90)77(93-56(6)89)76(92-55(5)88)71(96-79)53-91-54(4)87)64-31-33-66(81-64)74(60-40-49-85(50-41-60)45-24-21-18-15-12-9-2)68-35-37-70(83-68)75(69-36-34-67(73)82-69)61-42-51-86(52-43-61)46-25-22-19-16-13-10-3;;;/h26-43,47-52,71,76-79H,8-25,44-46,53H2,1-7H3,(H,80,81,82,83);3*1H/q+2;;;/p-2/t71-,76-,77+,78-,79-;;;/m1.../s1. The average molecular weight is 1680 g/mol. The number of aromatic amines is 2. The van der Waals surface area contributed by atoms with Crippen LogP contribution in [0.3, 0.4) is 0 Å². The lowest BCUT2D eigenvalue weighted by Gasteiger charge is -2.43. The Morgan fingerprint density at radius 1 is 0.394 bits per heavy atom. The molecule has 0 radical (unpaired) electrons. The summed E-state index contributed by atoms with van der Waals surface area (Å²) in [5, 5.41) is 0. The number of pyridine rings is 3. The van der Waals surface area contributed by atoms with Crippen LogP contribution in [0.25, 0.3) is 90.9 Å². The number of aryl methyl sites for hydroxylation is 3. The number of carbonyl (C=O) groups is 4. The third kappa shape index (κ3) is 21.8. The summed E-state index contributed by atoms with van der Waals surface area (Å²) in [6.07, 6.45) is 36.8. The van der Waals surface area contributed by atoms with Crippen LogP contribution < -0.4 is 90.4 Å². The lowest BCUT2D eigenvalue weighted by molar-refractivity contribution is -0.697. The molecule has 1 saturated heterocycles. The van der Waals surface area contributed by atoms with Gasteiger partial charge >= 0.3 is 23.9 Å². The summed E-state index contributed by atoms with van der Waals surface area (Å²) < 4.78 is 42.1. The number of fused-ring (bicyclic) bond motifs is 8. The first-order valence-electron chi connectivity index (χ1n) is 35.0. The van der Waals surface area contributed by atoms with Gasteiger partial charge in [-0.25, -0.2) is 23.7 Å². The molecule has 528 valence electrons. The largest absolute Gasteiger partial charge is 1.00 e. The van der Waals surface area contributed by atoms with E-state index < -0.39 is 61.2 Å². The van der Waals surface area contributed by atoms with Crippen LogP contribution in [0.2, 0.25) is 0 Å². The second-order valence-electron chi connectivity index (χ2n) is 25.5. The number of esters is 4. The van der Waals surface area contributed by atoms with Crippen LogP contribution in [-0.2, 0) is 62.5 Å². The number of hydrogen-bond donors (Lipinski definition) is 2. The highest BCUT2D eigenvalue weighted by atomic mass is 127. The Balaban J connectivity index is 0.00000459. The van der Waals surface area contributed by atoms with Crippen molar-refractivity contribution in [1.82, 2.24) is 19.9 Å². The van der Waals surface area contributed by atoms with Gasteiger partial charge in [0.1, 0.15) is 38.1 Å². The maximum atomic E-state index is 12.8. The lowest BCUT2D eigenvalue weighted by Crippen LogP contribution is -3.00. The molecule has 99 heavy (non-hydrogen) atoms. The first kappa shape index (κ1) is 79.4. The van der Waals surface area contributed by atoms with E-state index in [0.29, 0.717) is 11.4 Å². The summed E-state index contributed by atoms with van der Waals surface area (Å²) in [7, 11) is 0. The maximum absolute atomic E-state index is 12.8. The van der Waals surface area contributed by atoms with Crippen molar-refractivity contribution in [3.63, 3.8) is 0 Å². The molecule has 3 aliphatic heterocycles. The fourth-order valence-electron chi connectivity index (χ4n) is 13.1. The van der Waals surface area contributed by atoms with Crippen LogP contribution in [0.1, 0.15) is 187 Å². The van der Waals surface area contributed by atoms with E-state index in [2.05, 4.69) is 167 Å². The zero-order valence-corrected chi connectivity index (χ0v) is 64.7. The summed E-state index contributed by atoms with van der Waals surface area (Å²) in [6, 6.07) is 29.1. The van der Waals surface area contributed by atoms with Gasteiger partial charge in [0, 0.05) is 128 Å². The van der Waals surface area contributed by atoms with Crippen LogP contribution in [0.15, 0.2) is 122 Å². The van der Waals surface area contributed by atoms with E-state index >= 15 is 0 Å². The second kappa shape index (κ2) is 39.9. The monoisotopic (exact) mass is 1680 g/mol. The number of halogens is 3. The molecule has 0 amide bonds. The van der Waals surface area contributed by atoms with Crippen molar-refractivity contribution in [3.05, 3.63) is 145 Å². The van der Waals surface area contributed by atoms with Crippen molar-refractivity contribution >= 4 is 70.2 Å². The fraction of sp³-hybridized carbons (Fsp3) is 0.430. The number of carbonyl (C=O) groups excluding carboxylic acids is 4. The zero-order chi connectivity index (χ0) is 67.3. The number of benzene rings is 1. The summed E-state index contributed by atoms with van der Waals surface area (Å²) in [6.45, 7) is 14.0. The minimum absolute atomic E-state index is 0. The predicted molar refractivity (Wildman–Crippen MR) is 374 cm³/mol. The first-order chi connectivity index (χ1) is 46.8. The van der Waals surface area contributed by atoms with Gasteiger partial charge in [0.05, 0.1) is 22.8 Å². The molecular weight excluding hydrogens is 1590 g/mol. The predicted octanol–water partition coefficient (Wildman–Crippen LogP) is 6.74. The molecule has 8 bridgehead atoms.